The summed E-state index contributed by atoms with van der Waals surface area (Å²) in [6.07, 6.45) is 4.19. The van der Waals surface area contributed by atoms with Crippen LogP contribution in [0.5, 0.6) is 0 Å². The van der Waals surface area contributed by atoms with Crippen LogP contribution < -0.4 is 0 Å². The van der Waals surface area contributed by atoms with Gasteiger partial charge >= 0.3 is 0 Å². The summed E-state index contributed by atoms with van der Waals surface area (Å²) < 4.78 is 2.19. The number of amides is 1. The molecule has 0 N–H and O–H groups in total. The molecule has 0 aliphatic carbocycles. The number of aromatic nitrogens is 2. The van der Waals surface area contributed by atoms with Crippen LogP contribution >= 0.6 is 11.8 Å². The number of carbonyl (C=O) groups excluding carboxylic acids is 1. The molecule has 1 aliphatic rings. The van der Waals surface area contributed by atoms with Gasteiger partial charge in [0.2, 0.25) is 5.91 Å². The van der Waals surface area contributed by atoms with Gasteiger partial charge in [0.15, 0.2) is 5.16 Å². The molecule has 0 bridgehead atoms. The summed E-state index contributed by atoms with van der Waals surface area (Å²) in [6, 6.07) is 8.49. The molecule has 5 heteroatoms. The standard InChI is InChI=1S/C18H23N3OS/c1-3-21-16(15-8-6-14(2)7-9-15)12-19-18(21)23-13-17(22)20-10-4-5-11-20/h6-9,12H,3-5,10-11,13H2,1-2H3. The molecule has 0 radical (unpaired) electrons. The van der Waals surface area contributed by atoms with Crippen LogP contribution in [0.2, 0.25) is 0 Å². The molecule has 1 fully saturated rings. The average Bonchev–Trinajstić information content (AvgIpc) is 3.22. The quantitative estimate of drug-likeness (QED) is 0.787. The van der Waals surface area contributed by atoms with E-state index in [1.54, 1.807) is 11.8 Å². The third kappa shape index (κ3) is 3.61. The van der Waals surface area contributed by atoms with E-state index in [0.29, 0.717) is 5.75 Å². The van der Waals surface area contributed by atoms with Gasteiger partial charge in [-0.3, -0.25) is 4.79 Å². The third-order valence-corrected chi connectivity index (χ3v) is 5.24. The Balaban J connectivity index is 1.73. The molecule has 1 saturated heterocycles. The van der Waals surface area contributed by atoms with Crippen LogP contribution in [0.15, 0.2) is 35.6 Å². The number of thioether (sulfide) groups is 1. The van der Waals surface area contributed by atoms with E-state index >= 15 is 0 Å². The first-order valence-corrected chi connectivity index (χ1v) is 9.20. The molecule has 2 heterocycles. The van der Waals surface area contributed by atoms with E-state index in [1.807, 2.05) is 11.1 Å². The molecular formula is C18H23N3OS. The first-order chi connectivity index (χ1) is 11.2. The molecule has 122 valence electrons. The highest BCUT2D eigenvalue weighted by atomic mass is 32.2. The smallest absolute Gasteiger partial charge is 0.233 e. The second-order valence-corrected chi connectivity index (χ2v) is 6.86. The average molecular weight is 329 g/mol. The monoisotopic (exact) mass is 329 g/mol. The Morgan fingerprint density at radius 2 is 1.91 bits per heavy atom. The van der Waals surface area contributed by atoms with Gasteiger partial charge in [0.25, 0.3) is 0 Å². The minimum atomic E-state index is 0.232. The number of rotatable bonds is 5. The lowest BCUT2D eigenvalue weighted by Gasteiger charge is -2.15. The molecule has 23 heavy (non-hydrogen) atoms. The number of nitrogens with zero attached hydrogens (tertiary/aromatic N) is 3. The van der Waals surface area contributed by atoms with Gasteiger partial charge in [-0.2, -0.15) is 0 Å². The Kier molecular flexibility index (Phi) is 5.06. The number of aryl methyl sites for hydroxylation is 1. The maximum absolute atomic E-state index is 12.2. The first kappa shape index (κ1) is 16.1. The van der Waals surface area contributed by atoms with Crippen LogP contribution in [0.4, 0.5) is 0 Å². The molecule has 0 atom stereocenters. The van der Waals surface area contributed by atoms with Gasteiger partial charge in [0.1, 0.15) is 0 Å². The van der Waals surface area contributed by atoms with E-state index in [-0.39, 0.29) is 5.91 Å². The Hall–Kier alpha value is -1.75. The minimum Gasteiger partial charge on any atom is -0.342 e. The molecular weight excluding hydrogens is 306 g/mol. The summed E-state index contributed by atoms with van der Waals surface area (Å²) in [5.41, 5.74) is 3.54. The molecule has 0 unspecified atom stereocenters. The fourth-order valence-corrected chi connectivity index (χ4v) is 3.86. The van der Waals surface area contributed by atoms with Crippen LogP contribution in [-0.2, 0) is 11.3 Å². The summed E-state index contributed by atoms with van der Waals surface area (Å²) >= 11 is 1.55. The van der Waals surface area contributed by atoms with Gasteiger partial charge in [-0.15, -0.1) is 0 Å². The van der Waals surface area contributed by atoms with E-state index < -0.39 is 0 Å². The lowest BCUT2D eigenvalue weighted by Crippen LogP contribution is -2.29. The van der Waals surface area contributed by atoms with Crippen LogP contribution in [0.3, 0.4) is 0 Å². The van der Waals surface area contributed by atoms with Crippen LogP contribution in [0.25, 0.3) is 11.3 Å². The van der Waals surface area contributed by atoms with Crippen LogP contribution in [0.1, 0.15) is 25.3 Å². The van der Waals surface area contributed by atoms with Gasteiger partial charge in [-0.05, 0) is 32.3 Å². The van der Waals surface area contributed by atoms with Crippen molar-refractivity contribution in [2.45, 2.75) is 38.4 Å². The second-order valence-electron chi connectivity index (χ2n) is 5.91. The van der Waals surface area contributed by atoms with Gasteiger partial charge in [0, 0.05) is 19.6 Å². The van der Waals surface area contributed by atoms with E-state index in [2.05, 4.69) is 47.7 Å². The summed E-state index contributed by atoms with van der Waals surface area (Å²) in [4.78, 5) is 18.7. The number of benzene rings is 1. The number of carbonyl (C=O) groups is 1. The van der Waals surface area contributed by atoms with Crippen molar-refractivity contribution in [3.8, 4) is 11.3 Å². The third-order valence-electron chi connectivity index (χ3n) is 4.27. The van der Waals surface area contributed by atoms with E-state index in [4.69, 9.17) is 0 Å². The first-order valence-electron chi connectivity index (χ1n) is 8.22. The Bertz CT molecular complexity index is 672. The Morgan fingerprint density at radius 3 is 2.57 bits per heavy atom. The van der Waals surface area contributed by atoms with Crippen molar-refractivity contribution in [2.75, 3.05) is 18.8 Å². The molecule has 3 rings (SSSR count). The van der Waals surface area contributed by atoms with Crippen molar-refractivity contribution in [2.24, 2.45) is 0 Å². The van der Waals surface area contributed by atoms with E-state index in [9.17, 15) is 4.79 Å². The van der Waals surface area contributed by atoms with Crippen molar-refractivity contribution < 1.29 is 4.79 Å². The summed E-state index contributed by atoms with van der Waals surface area (Å²) in [6.45, 7) is 6.88. The summed E-state index contributed by atoms with van der Waals surface area (Å²) in [5.74, 6) is 0.708. The number of imidazole rings is 1. The van der Waals surface area contributed by atoms with Gasteiger partial charge in [-0.25, -0.2) is 4.98 Å². The number of hydrogen-bond acceptors (Lipinski definition) is 3. The largest absolute Gasteiger partial charge is 0.342 e. The molecule has 1 amide bonds. The van der Waals surface area contributed by atoms with Crippen molar-refractivity contribution in [3.05, 3.63) is 36.0 Å². The zero-order valence-corrected chi connectivity index (χ0v) is 14.6. The maximum atomic E-state index is 12.2. The minimum absolute atomic E-state index is 0.232. The molecule has 2 aromatic rings. The summed E-state index contributed by atoms with van der Waals surface area (Å²) in [5, 5.41) is 0.927. The molecule has 1 aliphatic heterocycles. The number of hydrogen-bond donors (Lipinski definition) is 0. The number of likely N-dealkylation sites (tertiary alicyclic amines) is 1. The summed E-state index contributed by atoms with van der Waals surface area (Å²) in [7, 11) is 0. The van der Waals surface area contributed by atoms with E-state index in [0.717, 1.165) is 43.3 Å². The fraction of sp³-hybridized carbons (Fsp3) is 0.444. The van der Waals surface area contributed by atoms with Crippen LogP contribution in [0, 0.1) is 6.92 Å². The van der Waals surface area contributed by atoms with Gasteiger partial charge in [-0.1, -0.05) is 41.6 Å². The molecule has 1 aromatic heterocycles. The maximum Gasteiger partial charge on any atom is 0.233 e. The highest BCUT2D eigenvalue weighted by molar-refractivity contribution is 7.99. The second kappa shape index (κ2) is 7.21. The SMILES string of the molecule is CCn1c(-c2ccc(C)cc2)cnc1SCC(=O)N1CCCC1. The topological polar surface area (TPSA) is 38.1 Å². The molecule has 1 aromatic carbocycles. The molecule has 4 nitrogen and oxygen atoms in total. The predicted octanol–water partition coefficient (Wildman–Crippen LogP) is 3.59. The van der Waals surface area contributed by atoms with Crippen molar-refractivity contribution >= 4 is 17.7 Å². The Labute approximate surface area is 141 Å². The normalized spacial score (nSPS) is 14.4. The van der Waals surface area contributed by atoms with Crippen molar-refractivity contribution in [3.63, 3.8) is 0 Å². The van der Waals surface area contributed by atoms with Gasteiger partial charge < -0.3 is 9.47 Å². The van der Waals surface area contributed by atoms with Crippen LogP contribution in [-0.4, -0.2) is 39.2 Å². The van der Waals surface area contributed by atoms with Crippen molar-refractivity contribution in [1.82, 2.24) is 14.5 Å². The van der Waals surface area contributed by atoms with Crippen molar-refractivity contribution in [1.29, 1.82) is 0 Å². The highest BCUT2D eigenvalue weighted by Crippen LogP contribution is 2.26. The Morgan fingerprint density at radius 1 is 1.22 bits per heavy atom. The zero-order valence-electron chi connectivity index (χ0n) is 13.8. The molecule has 0 saturated carbocycles. The van der Waals surface area contributed by atoms with Gasteiger partial charge in [0.05, 0.1) is 17.6 Å². The molecule has 0 spiro atoms. The fourth-order valence-electron chi connectivity index (χ4n) is 2.92. The predicted molar refractivity (Wildman–Crippen MR) is 94.6 cm³/mol. The van der Waals surface area contributed by atoms with E-state index in [1.165, 1.54) is 11.1 Å². The highest BCUT2D eigenvalue weighted by Gasteiger charge is 2.19. The lowest BCUT2D eigenvalue weighted by atomic mass is 10.1. The zero-order chi connectivity index (χ0) is 16.2. The lowest BCUT2D eigenvalue weighted by molar-refractivity contribution is -0.127.